The van der Waals surface area contributed by atoms with E-state index in [4.69, 9.17) is 11.5 Å². The molecule has 1 rings (SSSR count). The van der Waals surface area contributed by atoms with E-state index >= 15 is 0 Å². The predicted molar refractivity (Wildman–Crippen MR) is 73.4 cm³/mol. The third-order valence-corrected chi connectivity index (χ3v) is 2.37. The second-order valence-corrected chi connectivity index (χ2v) is 3.74. The zero-order chi connectivity index (χ0) is 12.3. The molecule has 0 aliphatic rings. The SMILES string of the molecule is NC/C=C\C=C\CNCc1ccc(CN)cc1. The molecule has 0 fully saturated rings. The lowest BCUT2D eigenvalue weighted by molar-refractivity contribution is 0.759. The maximum atomic E-state index is 5.54. The van der Waals surface area contributed by atoms with Crippen LogP contribution in [-0.4, -0.2) is 13.1 Å². The number of benzene rings is 1. The second-order valence-electron chi connectivity index (χ2n) is 3.74. The van der Waals surface area contributed by atoms with Crippen molar-refractivity contribution in [3.8, 4) is 0 Å². The van der Waals surface area contributed by atoms with E-state index in [0.29, 0.717) is 13.1 Å². The van der Waals surface area contributed by atoms with E-state index in [0.717, 1.165) is 13.1 Å². The molecule has 0 spiro atoms. The summed E-state index contributed by atoms with van der Waals surface area (Å²) in [5.41, 5.74) is 13.3. The van der Waals surface area contributed by atoms with Crippen molar-refractivity contribution in [2.24, 2.45) is 11.5 Å². The van der Waals surface area contributed by atoms with Gasteiger partial charge in [0.1, 0.15) is 0 Å². The van der Waals surface area contributed by atoms with Crippen LogP contribution >= 0.6 is 0 Å². The van der Waals surface area contributed by atoms with Gasteiger partial charge in [-0.2, -0.15) is 0 Å². The summed E-state index contributed by atoms with van der Waals surface area (Å²) < 4.78 is 0. The molecule has 3 nitrogen and oxygen atoms in total. The number of allylic oxidation sites excluding steroid dienone is 2. The van der Waals surface area contributed by atoms with Gasteiger partial charge in [-0.05, 0) is 11.1 Å². The van der Waals surface area contributed by atoms with E-state index in [-0.39, 0.29) is 0 Å². The van der Waals surface area contributed by atoms with Gasteiger partial charge >= 0.3 is 0 Å². The smallest absolute Gasteiger partial charge is 0.0208 e. The zero-order valence-corrected chi connectivity index (χ0v) is 10.1. The minimum absolute atomic E-state index is 0.589. The van der Waals surface area contributed by atoms with Crippen LogP contribution < -0.4 is 16.8 Å². The Hall–Kier alpha value is -1.42. The van der Waals surface area contributed by atoms with Crippen LogP contribution in [0, 0.1) is 0 Å². The van der Waals surface area contributed by atoms with Gasteiger partial charge in [-0.25, -0.2) is 0 Å². The molecule has 0 saturated heterocycles. The molecular weight excluding hydrogens is 210 g/mol. The lowest BCUT2D eigenvalue weighted by Gasteiger charge is -2.03. The van der Waals surface area contributed by atoms with Crippen LogP contribution in [0.1, 0.15) is 11.1 Å². The summed E-state index contributed by atoms with van der Waals surface area (Å²) in [4.78, 5) is 0. The van der Waals surface area contributed by atoms with E-state index < -0.39 is 0 Å². The van der Waals surface area contributed by atoms with Gasteiger partial charge in [-0.15, -0.1) is 0 Å². The summed E-state index contributed by atoms with van der Waals surface area (Å²) in [6, 6.07) is 8.34. The van der Waals surface area contributed by atoms with Crippen molar-refractivity contribution in [1.29, 1.82) is 0 Å². The van der Waals surface area contributed by atoms with Crippen molar-refractivity contribution in [3.63, 3.8) is 0 Å². The molecule has 1 aromatic rings. The molecule has 0 bridgehead atoms. The fourth-order valence-electron chi connectivity index (χ4n) is 1.40. The molecule has 0 saturated carbocycles. The highest BCUT2D eigenvalue weighted by molar-refractivity contribution is 5.22. The van der Waals surface area contributed by atoms with Gasteiger partial charge in [0, 0.05) is 26.2 Å². The molecule has 0 aliphatic carbocycles. The number of nitrogens with two attached hydrogens (primary N) is 2. The number of rotatable bonds is 7. The largest absolute Gasteiger partial charge is 0.327 e. The number of hydrogen-bond acceptors (Lipinski definition) is 3. The monoisotopic (exact) mass is 231 g/mol. The minimum atomic E-state index is 0.589. The molecular formula is C14H21N3. The minimum Gasteiger partial charge on any atom is -0.327 e. The maximum Gasteiger partial charge on any atom is 0.0208 e. The molecule has 1 aromatic carbocycles. The van der Waals surface area contributed by atoms with Crippen LogP contribution in [0.2, 0.25) is 0 Å². The van der Waals surface area contributed by atoms with Gasteiger partial charge in [-0.1, -0.05) is 48.6 Å². The maximum absolute atomic E-state index is 5.54. The summed E-state index contributed by atoms with van der Waals surface area (Å²) in [5, 5.41) is 3.33. The Balaban J connectivity index is 2.21. The highest BCUT2D eigenvalue weighted by Gasteiger charge is 1.91. The Morgan fingerprint density at radius 1 is 0.941 bits per heavy atom. The van der Waals surface area contributed by atoms with Gasteiger partial charge < -0.3 is 16.8 Å². The third kappa shape index (κ3) is 6.02. The van der Waals surface area contributed by atoms with E-state index in [1.165, 1.54) is 11.1 Å². The van der Waals surface area contributed by atoms with E-state index in [2.05, 4.69) is 35.7 Å². The van der Waals surface area contributed by atoms with Crippen LogP contribution in [0.4, 0.5) is 0 Å². The average molecular weight is 231 g/mol. The molecule has 92 valence electrons. The first-order valence-corrected chi connectivity index (χ1v) is 5.87. The summed E-state index contributed by atoms with van der Waals surface area (Å²) in [6.07, 6.45) is 7.94. The van der Waals surface area contributed by atoms with E-state index in [9.17, 15) is 0 Å². The third-order valence-electron chi connectivity index (χ3n) is 2.37. The molecule has 5 N–H and O–H groups in total. The molecule has 0 amide bonds. The van der Waals surface area contributed by atoms with Crippen LogP contribution in [0.15, 0.2) is 48.6 Å². The molecule has 3 heteroatoms. The predicted octanol–water partition coefficient (Wildman–Crippen LogP) is 1.31. The summed E-state index contributed by atoms with van der Waals surface area (Å²) in [7, 11) is 0. The first-order valence-electron chi connectivity index (χ1n) is 5.87. The normalized spacial score (nSPS) is 11.6. The standard InChI is InChI=1S/C14H21N3/c15-9-3-1-2-4-10-17-12-14-7-5-13(11-16)6-8-14/h1-8,17H,9-12,15-16H2/b3-1-,4-2+. The van der Waals surface area contributed by atoms with E-state index in [1.807, 2.05) is 18.2 Å². The summed E-state index contributed by atoms with van der Waals surface area (Å²) in [5.74, 6) is 0. The van der Waals surface area contributed by atoms with Gasteiger partial charge in [-0.3, -0.25) is 0 Å². The topological polar surface area (TPSA) is 64.1 Å². The van der Waals surface area contributed by atoms with Gasteiger partial charge in [0.25, 0.3) is 0 Å². The lowest BCUT2D eigenvalue weighted by Crippen LogP contribution is -2.12. The Morgan fingerprint density at radius 2 is 1.59 bits per heavy atom. The van der Waals surface area contributed by atoms with Crippen molar-refractivity contribution in [3.05, 3.63) is 59.7 Å². The molecule has 0 unspecified atom stereocenters. The Labute approximate surface area is 103 Å². The van der Waals surface area contributed by atoms with Crippen molar-refractivity contribution in [2.45, 2.75) is 13.1 Å². The lowest BCUT2D eigenvalue weighted by atomic mass is 10.1. The zero-order valence-electron chi connectivity index (χ0n) is 10.1. The average Bonchev–Trinajstić information content (AvgIpc) is 2.38. The Morgan fingerprint density at radius 3 is 2.24 bits per heavy atom. The van der Waals surface area contributed by atoms with Crippen LogP contribution in [-0.2, 0) is 13.1 Å². The van der Waals surface area contributed by atoms with Crippen molar-refractivity contribution in [1.82, 2.24) is 5.32 Å². The van der Waals surface area contributed by atoms with Crippen molar-refractivity contribution in [2.75, 3.05) is 13.1 Å². The molecule has 0 heterocycles. The van der Waals surface area contributed by atoms with Gasteiger partial charge in [0.2, 0.25) is 0 Å². The van der Waals surface area contributed by atoms with Gasteiger partial charge in [0.05, 0.1) is 0 Å². The van der Waals surface area contributed by atoms with Crippen LogP contribution in [0.5, 0.6) is 0 Å². The Bertz CT molecular complexity index is 352. The quantitative estimate of drug-likeness (QED) is 0.489. The molecule has 0 aliphatic heterocycles. The van der Waals surface area contributed by atoms with Crippen LogP contribution in [0.25, 0.3) is 0 Å². The Kier molecular flexibility index (Phi) is 6.98. The first-order chi connectivity index (χ1) is 8.36. The van der Waals surface area contributed by atoms with Crippen LogP contribution in [0.3, 0.4) is 0 Å². The summed E-state index contributed by atoms with van der Waals surface area (Å²) >= 11 is 0. The molecule has 0 atom stereocenters. The fraction of sp³-hybridized carbons (Fsp3) is 0.286. The number of nitrogens with one attached hydrogen (secondary N) is 1. The molecule has 17 heavy (non-hydrogen) atoms. The van der Waals surface area contributed by atoms with Crippen molar-refractivity contribution >= 4 is 0 Å². The number of hydrogen-bond donors (Lipinski definition) is 3. The molecule has 0 aromatic heterocycles. The van der Waals surface area contributed by atoms with Gasteiger partial charge in [0.15, 0.2) is 0 Å². The molecule has 0 radical (unpaired) electrons. The summed E-state index contributed by atoms with van der Waals surface area (Å²) in [6.45, 7) is 2.92. The first kappa shape index (κ1) is 13.6. The van der Waals surface area contributed by atoms with Crippen molar-refractivity contribution < 1.29 is 0 Å². The highest BCUT2D eigenvalue weighted by Crippen LogP contribution is 2.02. The fourth-order valence-corrected chi connectivity index (χ4v) is 1.40. The van der Waals surface area contributed by atoms with E-state index in [1.54, 1.807) is 0 Å². The second kappa shape index (κ2) is 8.70. The highest BCUT2D eigenvalue weighted by atomic mass is 14.8.